The lowest BCUT2D eigenvalue weighted by atomic mass is 9.75. The van der Waals surface area contributed by atoms with E-state index in [0.717, 1.165) is 17.4 Å². The SMILES string of the molecule is CCc1cccc2c1B(O)OC2. The van der Waals surface area contributed by atoms with Crippen LogP contribution in [0.15, 0.2) is 18.2 Å². The monoisotopic (exact) mass is 162 g/mol. The minimum Gasteiger partial charge on any atom is -0.423 e. The zero-order valence-electron chi connectivity index (χ0n) is 7.08. The highest BCUT2D eigenvalue weighted by Crippen LogP contribution is 2.12. The zero-order chi connectivity index (χ0) is 8.55. The molecule has 12 heavy (non-hydrogen) atoms. The minimum absolute atomic E-state index is 0.546. The van der Waals surface area contributed by atoms with Gasteiger partial charge < -0.3 is 9.68 Å². The molecule has 0 bridgehead atoms. The van der Waals surface area contributed by atoms with Gasteiger partial charge in [-0.2, -0.15) is 0 Å². The Labute approximate surface area is 72.3 Å². The van der Waals surface area contributed by atoms with Crippen molar-refractivity contribution in [1.29, 1.82) is 0 Å². The third-order valence-electron chi connectivity index (χ3n) is 2.31. The van der Waals surface area contributed by atoms with Crippen molar-refractivity contribution < 1.29 is 9.68 Å². The summed E-state index contributed by atoms with van der Waals surface area (Å²) in [5, 5.41) is 9.47. The molecule has 3 heteroatoms. The van der Waals surface area contributed by atoms with Gasteiger partial charge in [-0.25, -0.2) is 0 Å². The molecule has 0 saturated heterocycles. The normalized spacial score (nSPS) is 15.0. The lowest BCUT2D eigenvalue weighted by molar-refractivity contribution is 0.275. The van der Waals surface area contributed by atoms with E-state index in [1.807, 2.05) is 18.2 Å². The van der Waals surface area contributed by atoms with Crippen molar-refractivity contribution in [1.82, 2.24) is 0 Å². The number of benzene rings is 1. The molecule has 62 valence electrons. The molecule has 0 saturated carbocycles. The van der Waals surface area contributed by atoms with Crippen molar-refractivity contribution in [3.05, 3.63) is 29.3 Å². The number of hydrogen-bond acceptors (Lipinski definition) is 2. The molecule has 1 aliphatic heterocycles. The molecule has 0 fully saturated rings. The fourth-order valence-electron chi connectivity index (χ4n) is 1.67. The molecule has 1 aromatic carbocycles. The van der Waals surface area contributed by atoms with E-state index >= 15 is 0 Å². The molecule has 0 spiro atoms. The van der Waals surface area contributed by atoms with Gasteiger partial charge in [0.2, 0.25) is 0 Å². The molecule has 0 unspecified atom stereocenters. The van der Waals surface area contributed by atoms with Gasteiger partial charge in [-0.15, -0.1) is 0 Å². The smallest absolute Gasteiger partial charge is 0.423 e. The summed E-state index contributed by atoms with van der Waals surface area (Å²) >= 11 is 0. The van der Waals surface area contributed by atoms with Crippen molar-refractivity contribution in [3.63, 3.8) is 0 Å². The predicted octanol–water partition coefficient (Wildman–Crippen LogP) is 0.467. The second-order valence-corrected chi connectivity index (χ2v) is 3.01. The van der Waals surface area contributed by atoms with Crippen molar-refractivity contribution in [2.24, 2.45) is 0 Å². The summed E-state index contributed by atoms with van der Waals surface area (Å²) in [5.74, 6) is 0. The van der Waals surface area contributed by atoms with Gasteiger partial charge in [0.05, 0.1) is 6.61 Å². The molecule has 2 nitrogen and oxygen atoms in total. The van der Waals surface area contributed by atoms with Crippen LogP contribution in [0.5, 0.6) is 0 Å². The highest BCUT2D eigenvalue weighted by Gasteiger charge is 2.28. The van der Waals surface area contributed by atoms with Crippen molar-refractivity contribution in [3.8, 4) is 0 Å². The lowest BCUT2D eigenvalue weighted by Gasteiger charge is -2.04. The second-order valence-electron chi connectivity index (χ2n) is 3.01. The number of hydrogen-bond donors (Lipinski definition) is 1. The number of rotatable bonds is 1. The van der Waals surface area contributed by atoms with E-state index in [2.05, 4.69) is 6.92 Å². The largest absolute Gasteiger partial charge is 0.492 e. The van der Waals surface area contributed by atoms with Crippen LogP contribution < -0.4 is 5.46 Å². The van der Waals surface area contributed by atoms with E-state index in [4.69, 9.17) is 4.65 Å². The standard InChI is InChI=1S/C9H11BO2/c1-2-7-4-3-5-8-6-12-10(11)9(7)8/h3-5,11H,2,6H2,1H3. The third-order valence-corrected chi connectivity index (χ3v) is 2.31. The van der Waals surface area contributed by atoms with Crippen LogP contribution >= 0.6 is 0 Å². The van der Waals surface area contributed by atoms with Crippen LogP contribution in [-0.2, 0) is 17.7 Å². The molecule has 0 amide bonds. The van der Waals surface area contributed by atoms with Gasteiger partial charge in [0.15, 0.2) is 0 Å². The van der Waals surface area contributed by atoms with E-state index < -0.39 is 7.12 Å². The summed E-state index contributed by atoms with van der Waals surface area (Å²) in [6.45, 7) is 2.63. The first-order valence-corrected chi connectivity index (χ1v) is 4.23. The number of fused-ring (bicyclic) bond motifs is 1. The third kappa shape index (κ3) is 1.06. The molecule has 1 aliphatic rings. The van der Waals surface area contributed by atoms with Crippen LogP contribution in [0, 0.1) is 0 Å². The average molecular weight is 162 g/mol. The highest BCUT2D eigenvalue weighted by atomic mass is 16.5. The molecule has 0 radical (unpaired) electrons. The highest BCUT2D eigenvalue weighted by molar-refractivity contribution is 6.62. The predicted molar refractivity (Wildman–Crippen MR) is 48.2 cm³/mol. The van der Waals surface area contributed by atoms with Gasteiger partial charge in [0.25, 0.3) is 0 Å². The zero-order valence-corrected chi connectivity index (χ0v) is 7.08. The number of aryl methyl sites for hydroxylation is 1. The molecule has 1 heterocycles. The molecule has 0 aromatic heterocycles. The van der Waals surface area contributed by atoms with Gasteiger partial charge >= 0.3 is 7.12 Å². The quantitative estimate of drug-likeness (QED) is 0.608. The minimum atomic E-state index is -0.698. The Balaban J connectivity index is 2.53. The first kappa shape index (κ1) is 7.83. The van der Waals surface area contributed by atoms with Gasteiger partial charge in [-0.3, -0.25) is 0 Å². The second kappa shape index (κ2) is 2.92. The van der Waals surface area contributed by atoms with Crippen molar-refractivity contribution in [2.45, 2.75) is 20.0 Å². The van der Waals surface area contributed by atoms with Crippen LogP contribution in [-0.4, -0.2) is 12.1 Å². The topological polar surface area (TPSA) is 29.5 Å². The van der Waals surface area contributed by atoms with E-state index in [9.17, 15) is 5.02 Å². The van der Waals surface area contributed by atoms with E-state index in [-0.39, 0.29) is 0 Å². The molecule has 0 atom stereocenters. The Hall–Kier alpha value is -0.795. The summed E-state index contributed by atoms with van der Waals surface area (Å²) in [6.07, 6.45) is 0.948. The fraction of sp³-hybridized carbons (Fsp3) is 0.333. The first-order chi connectivity index (χ1) is 5.83. The molecule has 0 aliphatic carbocycles. The van der Waals surface area contributed by atoms with E-state index in [0.29, 0.717) is 6.61 Å². The first-order valence-electron chi connectivity index (χ1n) is 4.23. The average Bonchev–Trinajstić information content (AvgIpc) is 2.48. The van der Waals surface area contributed by atoms with Crippen LogP contribution in [0.25, 0.3) is 0 Å². The van der Waals surface area contributed by atoms with Gasteiger partial charge in [0.1, 0.15) is 0 Å². The van der Waals surface area contributed by atoms with Crippen molar-refractivity contribution >= 4 is 12.6 Å². The van der Waals surface area contributed by atoms with Gasteiger partial charge in [-0.1, -0.05) is 25.1 Å². The van der Waals surface area contributed by atoms with E-state index in [1.54, 1.807) is 0 Å². The summed E-state index contributed by atoms with van der Waals surface area (Å²) in [4.78, 5) is 0. The fourth-order valence-corrected chi connectivity index (χ4v) is 1.67. The summed E-state index contributed by atoms with van der Waals surface area (Å²) in [6, 6.07) is 6.06. The molecule has 1 aromatic rings. The van der Waals surface area contributed by atoms with Gasteiger partial charge in [0, 0.05) is 0 Å². The van der Waals surface area contributed by atoms with E-state index in [1.165, 1.54) is 5.56 Å². The molecule has 1 N–H and O–H groups in total. The van der Waals surface area contributed by atoms with Crippen LogP contribution in [0.1, 0.15) is 18.1 Å². The Kier molecular flexibility index (Phi) is 1.91. The van der Waals surface area contributed by atoms with Crippen LogP contribution in [0.4, 0.5) is 0 Å². The maximum atomic E-state index is 9.47. The lowest BCUT2D eigenvalue weighted by Crippen LogP contribution is -2.31. The molecular weight excluding hydrogens is 151 g/mol. The van der Waals surface area contributed by atoms with Crippen LogP contribution in [0.3, 0.4) is 0 Å². The maximum absolute atomic E-state index is 9.47. The molecule has 2 rings (SSSR count). The Morgan fingerprint density at radius 3 is 3.17 bits per heavy atom. The Morgan fingerprint density at radius 2 is 2.42 bits per heavy atom. The summed E-state index contributed by atoms with van der Waals surface area (Å²) < 4.78 is 5.12. The summed E-state index contributed by atoms with van der Waals surface area (Å²) in [7, 11) is -0.698. The maximum Gasteiger partial charge on any atom is 0.492 e. The van der Waals surface area contributed by atoms with Crippen molar-refractivity contribution in [2.75, 3.05) is 0 Å². The molecular formula is C9H11BO2. The Bertz CT molecular complexity index is 299. The Morgan fingerprint density at radius 1 is 1.58 bits per heavy atom. The summed E-state index contributed by atoms with van der Waals surface area (Å²) in [5.41, 5.74) is 3.30. The van der Waals surface area contributed by atoms with Gasteiger partial charge in [-0.05, 0) is 23.0 Å². The van der Waals surface area contributed by atoms with Crippen LogP contribution in [0.2, 0.25) is 0 Å².